The minimum Gasteiger partial charge on any atom is -0.340 e. The molecule has 4 nitrogen and oxygen atoms in total. The number of aryl methyl sites for hydroxylation is 1. The van der Waals surface area contributed by atoms with Crippen molar-refractivity contribution < 1.29 is 4.52 Å². The van der Waals surface area contributed by atoms with Crippen LogP contribution >= 0.6 is 0 Å². The zero-order valence-electron chi connectivity index (χ0n) is 8.29. The topological polar surface area (TPSA) is 51.0 Å². The molecule has 72 valence electrons. The fourth-order valence-electron chi connectivity index (χ4n) is 1.44. The lowest BCUT2D eigenvalue weighted by molar-refractivity contribution is 0.384. The Morgan fingerprint density at radius 2 is 2.31 bits per heavy atom. The van der Waals surface area contributed by atoms with Gasteiger partial charge in [-0.05, 0) is 11.8 Å². The molecule has 0 spiro atoms. The number of hydrogen-bond donors (Lipinski definition) is 1. The van der Waals surface area contributed by atoms with E-state index >= 15 is 0 Å². The predicted octanol–water partition coefficient (Wildman–Crippen LogP) is 1.27. The molecule has 1 saturated carbocycles. The van der Waals surface area contributed by atoms with Gasteiger partial charge in [-0.25, -0.2) is 0 Å². The van der Waals surface area contributed by atoms with Crippen LogP contribution in [0.3, 0.4) is 0 Å². The van der Waals surface area contributed by atoms with E-state index in [9.17, 15) is 0 Å². The molecule has 0 amide bonds. The van der Waals surface area contributed by atoms with E-state index in [4.69, 9.17) is 4.52 Å². The smallest absolute Gasteiger partial charge is 0.223 e. The van der Waals surface area contributed by atoms with Crippen molar-refractivity contribution in [2.24, 2.45) is 5.41 Å². The van der Waals surface area contributed by atoms with Crippen LogP contribution in [0.25, 0.3) is 0 Å². The summed E-state index contributed by atoms with van der Waals surface area (Å²) < 4.78 is 4.87. The summed E-state index contributed by atoms with van der Waals surface area (Å²) in [7, 11) is 0. The third-order valence-corrected chi connectivity index (χ3v) is 2.59. The highest BCUT2D eigenvalue weighted by atomic mass is 16.5. The van der Waals surface area contributed by atoms with Gasteiger partial charge < -0.3 is 9.84 Å². The third-order valence-electron chi connectivity index (χ3n) is 2.59. The molecule has 1 heterocycles. The summed E-state index contributed by atoms with van der Waals surface area (Å²) in [5.74, 6) is 1.38. The Labute approximate surface area is 77.7 Å². The van der Waals surface area contributed by atoms with Gasteiger partial charge in [-0.15, -0.1) is 0 Å². The second-order valence-corrected chi connectivity index (χ2v) is 4.36. The lowest BCUT2D eigenvalue weighted by atomic mass is 10.2. The molecular formula is C9H15N3O. The van der Waals surface area contributed by atoms with Crippen LogP contribution in [0.4, 0.5) is 0 Å². The first-order valence-electron chi connectivity index (χ1n) is 4.60. The lowest BCUT2D eigenvalue weighted by Crippen LogP contribution is -2.20. The first-order chi connectivity index (χ1) is 6.08. The van der Waals surface area contributed by atoms with E-state index in [1.165, 1.54) is 6.42 Å². The van der Waals surface area contributed by atoms with Crippen molar-refractivity contribution in [2.45, 2.75) is 39.8 Å². The zero-order chi connectivity index (χ0) is 9.47. The van der Waals surface area contributed by atoms with Crippen molar-refractivity contribution in [2.75, 3.05) is 0 Å². The van der Waals surface area contributed by atoms with Crippen LogP contribution in [-0.2, 0) is 6.54 Å². The third kappa shape index (κ3) is 1.88. The fourth-order valence-corrected chi connectivity index (χ4v) is 1.44. The summed E-state index contributed by atoms with van der Waals surface area (Å²) in [6, 6.07) is 0.617. The van der Waals surface area contributed by atoms with Crippen LogP contribution in [0.5, 0.6) is 0 Å². The summed E-state index contributed by atoms with van der Waals surface area (Å²) in [6.45, 7) is 7.03. The molecule has 4 heteroatoms. The highest BCUT2D eigenvalue weighted by Crippen LogP contribution is 2.44. The SMILES string of the molecule is Cc1nc(CNC2CC2(C)C)no1. The molecule has 1 fully saturated rings. The average molecular weight is 181 g/mol. The summed E-state index contributed by atoms with van der Waals surface area (Å²) in [4.78, 5) is 4.12. The van der Waals surface area contributed by atoms with Gasteiger partial charge in [0.15, 0.2) is 5.82 Å². The standard InChI is InChI=1S/C9H15N3O/c1-6-11-8(12-13-6)5-10-7-4-9(7,2)3/h7,10H,4-5H2,1-3H3. The number of hydrogen-bond acceptors (Lipinski definition) is 4. The van der Waals surface area contributed by atoms with Crippen LogP contribution < -0.4 is 5.32 Å². The van der Waals surface area contributed by atoms with E-state index in [1.807, 2.05) is 0 Å². The molecule has 0 aromatic carbocycles. The quantitative estimate of drug-likeness (QED) is 0.762. The van der Waals surface area contributed by atoms with Gasteiger partial charge in [0.05, 0.1) is 6.54 Å². The molecule has 0 bridgehead atoms. The zero-order valence-corrected chi connectivity index (χ0v) is 8.29. The molecule has 1 aromatic rings. The van der Waals surface area contributed by atoms with Crippen molar-refractivity contribution in [3.05, 3.63) is 11.7 Å². The lowest BCUT2D eigenvalue weighted by Gasteiger charge is -2.02. The van der Waals surface area contributed by atoms with Crippen LogP contribution in [0.15, 0.2) is 4.52 Å². The predicted molar refractivity (Wildman–Crippen MR) is 48.1 cm³/mol. The Morgan fingerprint density at radius 3 is 2.77 bits per heavy atom. The van der Waals surface area contributed by atoms with Gasteiger partial charge >= 0.3 is 0 Å². The van der Waals surface area contributed by atoms with E-state index in [-0.39, 0.29) is 0 Å². The molecule has 13 heavy (non-hydrogen) atoms. The van der Waals surface area contributed by atoms with Crippen molar-refractivity contribution in [3.8, 4) is 0 Å². The maximum atomic E-state index is 4.87. The van der Waals surface area contributed by atoms with Crippen LogP contribution in [0.2, 0.25) is 0 Å². The second kappa shape index (κ2) is 2.80. The minimum atomic E-state index is 0.457. The molecule has 1 aliphatic carbocycles. The Hall–Kier alpha value is -0.900. The number of nitrogens with zero attached hydrogens (tertiary/aromatic N) is 2. The second-order valence-electron chi connectivity index (χ2n) is 4.36. The Bertz CT molecular complexity index is 306. The minimum absolute atomic E-state index is 0.457. The normalized spacial score (nSPS) is 24.7. The van der Waals surface area contributed by atoms with Crippen LogP contribution in [0, 0.1) is 12.3 Å². The van der Waals surface area contributed by atoms with Crippen molar-refractivity contribution in [3.63, 3.8) is 0 Å². The van der Waals surface area contributed by atoms with E-state index < -0.39 is 0 Å². The largest absolute Gasteiger partial charge is 0.340 e. The van der Waals surface area contributed by atoms with Crippen molar-refractivity contribution >= 4 is 0 Å². The Kier molecular flexibility index (Phi) is 1.87. The molecule has 0 aliphatic heterocycles. The van der Waals surface area contributed by atoms with E-state index in [0.29, 0.717) is 23.9 Å². The molecule has 1 unspecified atom stereocenters. The number of rotatable bonds is 3. The maximum Gasteiger partial charge on any atom is 0.223 e. The van der Waals surface area contributed by atoms with E-state index in [1.54, 1.807) is 6.92 Å². The molecule has 0 saturated heterocycles. The molecule has 0 radical (unpaired) electrons. The molecular weight excluding hydrogens is 166 g/mol. The first-order valence-corrected chi connectivity index (χ1v) is 4.60. The monoisotopic (exact) mass is 181 g/mol. The van der Waals surface area contributed by atoms with Gasteiger partial charge in [0.25, 0.3) is 0 Å². The maximum absolute atomic E-state index is 4.87. The van der Waals surface area contributed by atoms with Gasteiger partial charge in [-0.3, -0.25) is 0 Å². The summed E-state index contributed by atoms with van der Waals surface area (Å²) in [5, 5.41) is 7.21. The van der Waals surface area contributed by atoms with Crippen molar-refractivity contribution in [1.29, 1.82) is 0 Å². The number of nitrogens with one attached hydrogen (secondary N) is 1. The van der Waals surface area contributed by atoms with E-state index in [2.05, 4.69) is 29.3 Å². The van der Waals surface area contributed by atoms with Gasteiger partial charge in [0.1, 0.15) is 0 Å². The summed E-state index contributed by atoms with van der Waals surface area (Å²) >= 11 is 0. The summed E-state index contributed by atoms with van der Waals surface area (Å²) in [6.07, 6.45) is 1.24. The van der Waals surface area contributed by atoms with E-state index in [0.717, 1.165) is 5.82 Å². The number of aromatic nitrogens is 2. The first kappa shape index (κ1) is 8.69. The highest BCUT2D eigenvalue weighted by Gasteiger charge is 2.45. The molecule has 1 atom stereocenters. The van der Waals surface area contributed by atoms with Gasteiger partial charge in [-0.2, -0.15) is 4.98 Å². The Morgan fingerprint density at radius 1 is 1.62 bits per heavy atom. The van der Waals surface area contributed by atoms with Crippen LogP contribution in [-0.4, -0.2) is 16.2 Å². The van der Waals surface area contributed by atoms with Crippen molar-refractivity contribution in [1.82, 2.24) is 15.5 Å². The van der Waals surface area contributed by atoms with Gasteiger partial charge in [0, 0.05) is 13.0 Å². The van der Waals surface area contributed by atoms with Gasteiger partial charge in [-0.1, -0.05) is 19.0 Å². The highest BCUT2D eigenvalue weighted by molar-refractivity contribution is 5.02. The molecule has 1 aliphatic rings. The molecule has 1 aromatic heterocycles. The van der Waals surface area contributed by atoms with Gasteiger partial charge in [0.2, 0.25) is 5.89 Å². The molecule has 2 rings (SSSR count). The van der Waals surface area contributed by atoms with Crippen LogP contribution in [0.1, 0.15) is 32.0 Å². The summed E-state index contributed by atoms with van der Waals surface area (Å²) in [5.41, 5.74) is 0.457. The fraction of sp³-hybridized carbons (Fsp3) is 0.778. The average Bonchev–Trinajstić information content (AvgIpc) is 2.45. The molecule has 1 N–H and O–H groups in total. The Balaban J connectivity index is 1.81.